The molecule has 3 atom stereocenters. The van der Waals surface area contributed by atoms with Crippen molar-refractivity contribution in [3.63, 3.8) is 0 Å². The third-order valence-electron chi connectivity index (χ3n) is 5.15. The molecule has 0 amide bonds. The number of rotatable bonds is 2. The smallest absolute Gasteiger partial charge is 0.0568 e. The Labute approximate surface area is 94.3 Å². The Kier molecular flexibility index (Phi) is 3.71. The molecule has 0 aromatic rings. The molecule has 1 N–H and O–H groups in total. The molecule has 0 heterocycles. The summed E-state index contributed by atoms with van der Waals surface area (Å²) in [6.45, 7) is 4.58. The van der Waals surface area contributed by atoms with E-state index in [1.54, 1.807) is 0 Å². The maximum atomic E-state index is 9.80. The van der Waals surface area contributed by atoms with Gasteiger partial charge in [-0.15, -0.1) is 0 Å². The quantitative estimate of drug-likeness (QED) is 0.738. The summed E-state index contributed by atoms with van der Waals surface area (Å²) in [5, 5.41) is 9.80. The highest BCUT2D eigenvalue weighted by Crippen LogP contribution is 2.44. The largest absolute Gasteiger partial charge is 0.393 e. The van der Waals surface area contributed by atoms with Crippen molar-refractivity contribution in [1.82, 2.24) is 0 Å². The highest BCUT2D eigenvalue weighted by molar-refractivity contribution is 4.88. The number of hydrogen-bond donors (Lipinski definition) is 1. The van der Waals surface area contributed by atoms with E-state index in [2.05, 4.69) is 13.8 Å². The first kappa shape index (κ1) is 11.4. The Morgan fingerprint density at radius 2 is 1.67 bits per heavy atom. The van der Waals surface area contributed by atoms with Gasteiger partial charge in [0, 0.05) is 0 Å². The van der Waals surface area contributed by atoms with Crippen LogP contribution >= 0.6 is 0 Å². The van der Waals surface area contributed by atoms with E-state index in [4.69, 9.17) is 0 Å². The zero-order valence-corrected chi connectivity index (χ0v) is 10.3. The van der Waals surface area contributed by atoms with Crippen LogP contribution in [0.3, 0.4) is 0 Å². The van der Waals surface area contributed by atoms with E-state index < -0.39 is 0 Å². The molecule has 1 nitrogen and oxygen atoms in total. The van der Waals surface area contributed by atoms with Gasteiger partial charge < -0.3 is 5.11 Å². The van der Waals surface area contributed by atoms with Crippen molar-refractivity contribution in [1.29, 1.82) is 0 Å². The lowest BCUT2D eigenvalue weighted by Gasteiger charge is -2.34. The zero-order valence-electron chi connectivity index (χ0n) is 10.3. The van der Waals surface area contributed by atoms with E-state index in [1.165, 1.54) is 38.5 Å². The molecule has 0 bridgehead atoms. The maximum absolute atomic E-state index is 9.80. The summed E-state index contributed by atoms with van der Waals surface area (Å²) in [6, 6.07) is 0. The Balaban J connectivity index is 1.85. The van der Waals surface area contributed by atoms with E-state index in [0.717, 1.165) is 24.2 Å². The third-order valence-corrected chi connectivity index (χ3v) is 5.15. The van der Waals surface area contributed by atoms with E-state index in [-0.39, 0.29) is 6.10 Å². The molecule has 0 spiro atoms. The van der Waals surface area contributed by atoms with Crippen LogP contribution in [0.25, 0.3) is 0 Å². The predicted molar refractivity (Wildman–Crippen MR) is 63.6 cm³/mol. The minimum atomic E-state index is -0.00102. The van der Waals surface area contributed by atoms with E-state index in [1.807, 2.05) is 0 Å². The first-order valence-corrected chi connectivity index (χ1v) is 6.90. The Bertz CT molecular complexity index is 194. The van der Waals surface area contributed by atoms with Crippen LogP contribution in [-0.2, 0) is 0 Å². The molecular formula is C14H26O. The number of hydrogen-bond acceptors (Lipinski definition) is 1. The van der Waals surface area contributed by atoms with Crippen LogP contribution in [0.5, 0.6) is 0 Å². The SMILES string of the molecule is CCC1CCC(C2CCC(O)C2C)CC1. The fourth-order valence-corrected chi connectivity index (χ4v) is 3.86. The molecular weight excluding hydrogens is 184 g/mol. The Morgan fingerprint density at radius 1 is 1.00 bits per heavy atom. The van der Waals surface area contributed by atoms with Gasteiger partial charge in [0.1, 0.15) is 0 Å². The van der Waals surface area contributed by atoms with Gasteiger partial charge in [-0.05, 0) is 49.4 Å². The molecule has 15 heavy (non-hydrogen) atoms. The average Bonchev–Trinajstić information content (AvgIpc) is 2.60. The van der Waals surface area contributed by atoms with Gasteiger partial charge in [0.15, 0.2) is 0 Å². The molecule has 2 fully saturated rings. The van der Waals surface area contributed by atoms with Crippen molar-refractivity contribution in [2.24, 2.45) is 23.7 Å². The minimum absolute atomic E-state index is 0.00102. The minimum Gasteiger partial charge on any atom is -0.393 e. The second kappa shape index (κ2) is 4.86. The molecule has 2 aliphatic carbocycles. The molecule has 0 radical (unpaired) electrons. The summed E-state index contributed by atoms with van der Waals surface area (Å²) in [5.74, 6) is 3.33. The fourth-order valence-electron chi connectivity index (χ4n) is 3.86. The lowest BCUT2D eigenvalue weighted by molar-refractivity contribution is 0.0986. The molecule has 2 saturated carbocycles. The van der Waals surface area contributed by atoms with Crippen molar-refractivity contribution in [3.8, 4) is 0 Å². The van der Waals surface area contributed by atoms with E-state index in [9.17, 15) is 5.11 Å². The third kappa shape index (κ3) is 2.38. The zero-order chi connectivity index (χ0) is 10.8. The number of aliphatic hydroxyl groups is 1. The van der Waals surface area contributed by atoms with Gasteiger partial charge in [-0.1, -0.05) is 33.1 Å². The fraction of sp³-hybridized carbons (Fsp3) is 1.00. The lowest BCUT2D eigenvalue weighted by atomic mass is 9.72. The van der Waals surface area contributed by atoms with Crippen LogP contribution in [-0.4, -0.2) is 11.2 Å². The maximum Gasteiger partial charge on any atom is 0.0568 e. The van der Waals surface area contributed by atoms with Crippen molar-refractivity contribution in [2.45, 2.75) is 64.9 Å². The molecule has 0 saturated heterocycles. The van der Waals surface area contributed by atoms with E-state index in [0.29, 0.717) is 5.92 Å². The molecule has 88 valence electrons. The van der Waals surface area contributed by atoms with Gasteiger partial charge in [0.05, 0.1) is 6.10 Å². The van der Waals surface area contributed by atoms with Gasteiger partial charge in [-0.2, -0.15) is 0 Å². The van der Waals surface area contributed by atoms with E-state index >= 15 is 0 Å². The average molecular weight is 210 g/mol. The standard InChI is InChI=1S/C14H26O/c1-3-11-4-6-12(7-5-11)13-8-9-14(15)10(13)2/h10-15H,3-9H2,1-2H3. The first-order valence-electron chi connectivity index (χ1n) is 6.90. The summed E-state index contributed by atoms with van der Waals surface area (Å²) in [6.07, 6.45) is 9.46. The second-order valence-corrected chi connectivity index (χ2v) is 5.86. The van der Waals surface area contributed by atoms with Gasteiger partial charge in [-0.3, -0.25) is 0 Å². The normalized spacial score (nSPS) is 47.0. The van der Waals surface area contributed by atoms with Crippen molar-refractivity contribution in [3.05, 3.63) is 0 Å². The van der Waals surface area contributed by atoms with Crippen LogP contribution in [0.1, 0.15) is 58.8 Å². The summed E-state index contributed by atoms with van der Waals surface area (Å²) in [4.78, 5) is 0. The van der Waals surface area contributed by atoms with Crippen molar-refractivity contribution >= 4 is 0 Å². The van der Waals surface area contributed by atoms with Crippen LogP contribution < -0.4 is 0 Å². The summed E-state index contributed by atoms with van der Waals surface area (Å²) in [7, 11) is 0. The molecule has 2 aliphatic rings. The molecule has 0 aromatic carbocycles. The van der Waals surface area contributed by atoms with Crippen LogP contribution in [0.4, 0.5) is 0 Å². The monoisotopic (exact) mass is 210 g/mol. The topological polar surface area (TPSA) is 20.2 Å². The van der Waals surface area contributed by atoms with Gasteiger partial charge in [0.2, 0.25) is 0 Å². The molecule has 1 heteroatoms. The second-order valence-electron chi connectivity index (χ2n) is 5.86. The predicted octanol–water partition coefficient (Wildman–Crippen LogP) is 3.61. The van der Waals surface area contributed by atoms with Crippen molar-refractivity contribution < 1.29 is 5.11 Å². The van der Waals surface area contributed by atoms with Gasteiger partial charge in [0.25, 0.3) is 0 Å². The molecule has 2 rings (SSSR count). The Hall–Kier alpha value is -0.0400. The molecule has 0 aromatic heterocycles. The van der Waals surface area contributed by atoms with Crippen molar-refractivity contribution in [2.75, 3.05) is 0 Å². The highest BCUT2D eigenvalue weighted by atomic mass is 16.3. The van der Waals surface area contributed by atoms with Crippen LogP contribution in [0.2, 0.25) is 0 Å². The first-order chi connectivity index (χ1) is 7.22. The summed E-state index contributed by atoms with van der Waals surface area (Å²) < 4.78 is 0. The Morgan fingerprint density at radius 3 is 2.13 bits per heavy atom. The molecule has 0 aliphatic heterocycles. The summed E-state index contributed by atoms with van der Waals surface area (Å²) >= 11 is 0. The van der Waals surface area contributed by atoms with Crippen LogP contribution in [0, 0.1) is 23.7 Å². The van der Waals surface area contributed by atoms with Gasteiger partial charge >= 0.3 is 0 Å². The highest BCUT2D eigenvalue weighted by Gasteiger charge is 2.37. The number of aliphatic hydroxyl groups excluding tert-OH is 1. The molecule has 3 unspecified atom stereocenters. The summed E-state index contributed by atoms with van der Waals surface area (Å²) in [5.41, 5.74) is 0. The lowest BCUT2D eigenvalue weighted by Crippen LogP contribution is -2.26. The van der Waals surface area contributed by atoms with Crippen LogP contribution in [0.15, 0.2) is 0 Å². The van der Waals surface area contributed by atoms with Gasteiger partial charge in [-0.25, -0.2) is 0 Å².